The highest BCUT2D eigenvalue weighted by Crippen LogP contribution is 2.47. The van der Waals surface area contributed by atoms with Gasteiger partial charge in [-0.05, 0) is 43.6 Å². The molecule has 0 bridgehead atoms. The molecule has 126 valence electrons. The number of rotatable bonds is 4. The molecule has 3 nitrogen and oxygen atoms in total. The molecule has 0 radical (unpaired) electrons. The van der Waals surface area contributed by atoms with Crippen molar-refractivity contribution in [1.29, 1.82) is 0 Å². The molecule has 1 aromatic rings. The van der Waals surface area contributed by atoms with Gasteiger partial charge in [0.1, 0.15) is 0 Å². The minimum absolute atomic E-state index is 0. The molecule has 2 saturated carbocycles. The van der Waals surface area contributed by atoms with E-state index in [1.807, 2.05) is 0 Å². The van der Waals surface area contributed by atoms with Gasteiger partial charge in [0.2, 0.25) is 5.91 Å². The summed E-state index contributed by atoms with van der Waals surface area (Å²) in [7, 11) is 0. The highest BCUT2D eigenvalue weighted by Gasteiger charge is 2.45. The maximum atomic E-state index is 12.5. The van der Waals surface area contributed by atoms with E-state index in [1.165, 1.54) is 44.1 Å². The molecule has 2 N–H and O–H groups in total. The van der Waals surface area contributed by atoms with Gasteiger partial charge in [-0.25, -0.2) is 0 Å². The SMILES string of the molecule is Cl.O=C(NCC1(c2ccccc2)CC1)C1CC2CCCCC2N1. The van der Waals surface area contributed by atoms with Crippen molar-refractivity contribution in [3.8, 4) is 0 Å². The number of hydrogen-bond donors (Lipinski definition) is 2. The highest BCUT2D eigenvalue weighted by molar-refractivity contribution is 5.85. The second-order valence-electron chi connectivity index (χ2n) is 7.47. The smallest absolute Gasteiger partial charge is 0.237 e. The van der Waals surface area contributed by atoms with Crippen LogP contribution in [0.3, 0.4) is 0 Å². The zero-order chi connectivity index (χ0) is 15.0. The van der Waals surface area contributed by atoms with E-state index in [0.29, 0.717) is 6.04 Å². The third-order valence-corrected chi connectivity index (χ3v) is 6.02. The van der Waals surface area contributed by atoms with Gasteiger partial charge in [-0.15, -0.1) is 12.4 Å². The lowest BCUT2D eigenvalue weighted by atomic mass is 9.85. The van der Waals surface area contributed by atoms with E-state index in [1.54, 1.807) is 0 Å². The van der Waals surface area contributed by atoms with Crippen LogP contribution in [0.5, 0.6) is 0 Å². The summed E-state index contributed by atoms with van der Waals surface area (Å²) in [5.41, 5.74) is 1.59. The number of benzene rings is 1. The van der Waals surface area contributed by atoms with Crippen molar-refractivity contribution in [1.82, 2.24) is 10.6 Å². The lowest BCUT2D eigenvalue weighted by molar-refractivity contribution is -0.123. The summed E-state index contributed by atoms with van der Waals surface area (Å²) in [5, 5.41) is 6.81. The highest BCUT2D eigenvalue weighted by atomic mass is 35.5. The van der Waals surface area contributed by atoms with Crippen LogP contribution < -0.4 is 10.6 Å². The van der Waals surface area contributed by atoms with Crippen LogP contribution in [0, 0.1) is 5.92 Å². The Balaban J connectivity index is 0.00000156. The van der Waals surface area contributed by atoms with Gasteiger partial charge in [0, 0.05) is 18.0 Å². The van der Waals surface area contributed by atoms with Gasteiger partial charge in [0.25, 0.3) is 0 Å². The summed E-state index contributed by atoms with van der Waals surface area (Å²) < 4.78 is 0. The van der Waals surface area contributed by atoms with Crippen LogP contribution in [-0.2, 0) is 10.2 Å². The molecule has 1 amide bonds. The van der Waals surface area contributed by atoms with Gasteiger partial charge in [-0.3, -0.25) is 4.79 Å². The number of hydrogen-bond acceptors (Lipinski definition) is 2. The summed E-state index contributed by atoms with van der Waals surface area (Å²) in [6, 6.07) is 11.3. The van der Waals surface area contributed by atoms with Crippen molar-refractivity contribution < 1.29 is 4.79 Å². The first-order valence-electron chi connectivity index (χ1n) is 8.86. The monoisotopic (exact) mass is 334 g/mol. The molecular formula is C19H27ClN2O. The van der Waals surface area contributed by atoms with Crippen LogP contribution >= 0.6 is 12.4 Å². The standard InChI is InChI=1S/C19H26N2O.ClH/c22-18(17-12-14-6-4-5-9-16(14)21-17)20-13-19(10-11-19)15-7-2-1-3-8-15;/h1-3,7-8,14,16-17,21H,4-6,9-13H2,(H,20,22);1H. The van der Waals surface area contributed by atoms with E-state index >= 15 is 0 Å². The molecule has 0 spiro atoms. The topological polar surface area (TPSA) is 41.1 Å². The van der Waals surface area contributed by atoms with Gasteiger partial charge in [-0.2, -0.15) is 0 Å². The second kappa shape index (κ2) is 6.82. The zero-order valence-electron chi connectivity index (χ0n) is 13.6. The van der Waals surface area contributed by atoms with Crippen LogP contribution in [0.25, 0.3) is 0 Å². The summed E-state index contributed by atoms with van der Waals surface area (Å²) in [6.07, 6.45) is 8.64. The molecule has 3 aliphatic rings. The Bertz CT molecular complexity index is 530. The van der Waals surface area contributed by atoms with Crippen LogP contribution in [0.15, 0.2) is 30.3 Å². The Kier molecular flexibility index (Phi) is 4.98. The minimum atomic E-state index is 0. The van der Waals surface area contributed by atoms with Gasteiger partial charge in [-0.1, -0.05) is 43.2 Å². The molecule has 3 unspecified atom stereocenters. The average Bonchev–Trinajstić information content (AvgIpc) is 3.24. The minimum Gasteiger partial charge on any atom is -0.354 e. The van der Waals surface area contributed by atoms with Gasteiger partial charge >= 0.3 is 0 Å². The van der Waals surface area contributed by atoms with E-state index in [2.05, 4.69) is 41.0 Å². The number of carbonyl (C=O) groups excluding carboxylic acids is 1. The van der Waals surface area contributed by atoms with Crippen LogP contribution in [0.4, 0.5) is 0 Å². The molecule has 4 rings (SSSR count). The second-order valence-corrected chi connectivity index (χ2v) is 7.47. The van der Waals surface area contributed by atoms with Crippen LogP contribution in [-0.4, -0.2) is 24.5 Å². The Morgan fingerprint density at radius 2 is 1.91 bits per heavy atom. The number of nitrogens with one attached hydrogen (secondary N) is 2. The molecular weight excluding hydrogens is 308 g/mol. The molecule has 4 heteroatoms. The van der Waals surface area contributed by atoms with Crippen molar-refractivity contribution in [2.75, 3.05) is 6.54 Å². The molecule has 1 aromatic carbocycles. The third-order valence-electron chi connectivity index (χ3n) is 6.02. The molecule has 0 aromatic heterocycles. The molecule has 3 fully saturated rings. The summed E-state index contributed by atoms with van der Waals surface area (Å²) in [4.78, 5) is 12.5. The summed E-state index contributed by atoms with van der Waals surface area (Å²) in [5.74, 6) is 0.949. The summed E-state index contributed by atoms with van der Waals surface area (Å²) >= 11 is 0. The fraction of sp³-hybridized carbons (Fsp3) is 0.632. The van der Waals surface area contributed by atoms with Crippen molar-refractivity contribution >= 4 is 18.3 Å². The Morgan fingerprint density at radius 1 is 1.17 bits per heavy atom. The molecule has 3 atom stereocenters. The van der Waals surface area contributed by atoms with Crippen molar-refractivity contribution in [3.05, 3.63) is 35.9 Å². The molecule has 23 heavy (non-hydrogen) atoms. The molecule has 1 aliphatic heterocycles. The van der Waals surface area contributed by atoms with E-state index in [-0.39, 0.29) is 29.8 Å². The maximum absolute atomic E-state index is 12.5. The van der Waals surface area contributed by atoms with E-state index in [9.17, 15) is 4.79 Å². The normalized spacial score (nSPS) is 30.9. The van der Waals surface area contributed by atoms with Crippen LogP contribution in [0.2, 0.25) is 0 Å². The van der Waals surface area contributed by atoms with Gasteiger partial charge < -0.3 is 10.6 Å². The predicted octanol–water partition coefficient (Wildman–Crippen LogP) is 3.18. The molecule has 1 saturated heterocycles. The Morgan fingerprint density at radius 3 is 2.61 bits per heavy atom. The number of amides is 1. The fourth-order valence-corrected chi connectivity index (χ4v) is 4.41. The first-order chi connectivity index (χ1) is 10.8. The molecule has 2 aliphatic carbocycles. The van der Waals surface area contributed by atoms with Crippen molar-refractivity contribution in [2.24, 2.45) is 5.92 Å². The van der Waals surface area contributed by atoms with E-state index in [4.69, 9.17) is 0 Å². The largest absolute Gasteiger partial charge is 0.354 e. The number of carbonyl (C=O) groups is 1. The predicted molar refractivity (Wildman–Crippen MR) is 94.9 cm³/mol. The summed E-state index contributed by atoms with van der Waals surface area (Å²) in [6.45, 7) is 0.795. The van der Waals surface area contributed by atoms with Crippen molar-refractivity contribution in [2.45, 2.75) is 62.4 Å². The lowest BCUT2D eigenvalue weighted by Gasteiger charge is -2.24. The maximum Gasteiger partial charge on any atom is 0.237 e. The Hall–Kier alpha value is -1.06. The van der Waals surface area contributed by atoms with Crippen molar-refractivity contribution in [3.63, 3.8) is 0 Å². The third kappa shape index (κ3) is 3.41. The average molecular weight is 335 g/mol. The first kappa shape index (κ1) is 16.8. The number of fused-ring (bicyclic) bond motifs is 1. The molecule has 1 heterocycles. The first-order valence-corrected chi connectivity index (χ1v) is 8.86. The van der Waals surface area contributed by atoms with E-state index < -0.39 is 0 Å². The fourth-order valence-electron chi connectivity index (χ4n) is 4.41. The number of halogens is 1. The van der Waals surface area contributed by atoms with Gasteiger partial charge in [0.05, 0.1) is 6.04 Å². The lowest BCUT2D eigenvalue weighted by Crippen LogP contribution is -2.45. The van der Waals surface area contributed by atoms with Crippen LogP contribution in [0.1, 0.15) is 50.5 Å². The zero-order valence-corrected chi connectivity index (χ0v) is 14.4. The quantitative estimate of drug-likeness (QED) is 0.888. The van der Waals surface area contributed by atoms with Gasteiger partial charge in [0.15, 0.2) is 0 Å². The Labute approximate surface area is 145 Å². The van der Waals surface area contributed by atoms with E-state index in [0.717, 1.165) is 18.9 Å².